The van der Waals surface area contributed by atoms with Crippen LogP contribution < -0.4 is 5.73 Å². The highest BCUT2D eigenvalue weighted by atomic mass is 32.1. The number of rotatable bonds is 4. The van der Waals surface area contributed by atoms with E-state index >= 15 is 0 Å². The fourth-order valence-corrected chi connectivity index (χ4v) is 3.41. The molecule has 1 aliphatic rings. The molecule has 2 heterocycles. The summed E-state index contributed by atoms with van der Waals surface area (Å²) in [5.41, 5.74) is 8.52. The molecule has 18 heavy (non-hydrogen) atoms. The van der Waals surface area contributed by atoms with E-state index < -0.39 is 0 Å². The Labute approximate surface area is 112 Å². The van der Waals surface area contributed by atoms with E-state index in [1.807, 2.05) is 0 Å². The van der Waals surface area contributed by atoms with Gasteiger partial charge < -0.3 is 5.73 Å². The molecule has 96 valence electrons. The number of nitrogens with two attached hydrogens (primary N) is 1. The summed E-state index contributed by atoms with van der Waals surface area (Å²) < 4.78 is 2.14. The summed E-state index contributed by atoms with van der Waals surface area (Å²) >= 11 is 1.70. The zero-order valence-corrected chi connectivity index (χ0v) is 11.3. The molecule has 0 saturated heterocycles. The molecule has 1 unspecified atom stereocenters. The number of nitrogens with zero attached hydrogens (tertiary/aromatic N) is 2. The van der Waals surface area contributed by atoms with Gasteiger partial charge in [-0.25, -0.2) is 0 Å². The van der Waals surface area contributed by atoms with Crippen LogP contribution in [0.1, 0.15) is 49.0 Å². The second-order valence-electron chi connectivity index (χ2n) is 5.09. The molecule has 0 aliphatic heterocycles. The molecule has 0 amide bonds. The molecule has 2 aromatic rings. The van der Waals surface area contributed by atoms with Crippen LogP contribution in [0.2, 0.25) is 0 Å². The van der Waals surface area contributed by atoms with Crippen molar-refractivity contribution in [2.45, 2.75) is 44.2 Å². The van der Waals surface area contributed by atoms with E-state index in [1.54, 1.807) is 11.3 Å². The average molecular weight is 261 g/mol. The van der Waals surface area contributed by atoms with Crippen LogP contribution in [0, 0.1) is 0 Å². The van der Waals surface area contributed by atoms with Gasteiger partial charge in [0, 0.05) is 18.7 Å². The van der Waals surface area contributed by atoms with E-state index in [4.69, 9.17) is 5.73 Å². The van der Waals surface area contributed by atoms with E-state index in [2.05, 4.69) is 38.9 Å². The molecule has 0 radical (unpaired) electrons. The molecule has 1 aliphatic carbocycles. The molecule has 3 rings (SSSR count). The van der Waals surface area contributed by atoms with Gasteiger partial charge in [0.1, 0.15) is 0 Å². The summed E-state index contributed by atoms with van der Waals surface area (Å²) in [5.74, 6) is 0. The quantitative estimate of drug-likeness (QED) is 0.917. The zero-order chi connectivity index (χ0) is 12.4. The smallest absolute Gasteiger partial charge is 0.0643 e. The van der Waals surface area contributed by atoms with Crippen LogP contribution in [-0.4, -0.2) is 9.78 Å². The summed E-state index contributed by atoms with van der Waals surface area (Å²) in [6.45, 7) is 0. The Balaban J connectivity index is 1.66. The Bertz CT molecular complexity index is 483. The highest BCUT2D eigenvalue weighted by molar-refractivity contribution is 7.07. The van der Waals surface area contributed by atoms with Crippen molar-refractivity contribution in [2.24, 2.45) is 5.73 Å². The second-order valence-corrected chi connectivity index (χ2v) is 5.87. The first kappa shape index (κ1) is 11.9. The van der Waals surface area contributed by atoms with Crippen LogP contribution in [0.25, 0.3) is 0 Å². The summed E-state index contributed by atoms with van der Waals surface area (Å²) in [5, 5.41) is 8.88. The summed E-state index contributed by atoms with van der Waals surface area (Å²) in [7, 11) is 0. The van der Waals surface area contributed by atoms with Gasteiger partial charge >= 0.3 is 0 Å². The van der Waals surface area contributed by atoms with Crippen molar-refractivity contribution in [3.8, 4) is 0 Å². The predicted octanol–water partition coefficient (Wildman–Crippen LogP) is 3.30. The molecule has 0 bridgehead atoms. The Kier molecular flexibility index (Phi) is 3.48. The van der Waals surface area contributed by atoms with Crippen molar-refractivity contribution < 1.29 is 0 Å². The van der Waals surface area contributed by atoms with Gasteiger partial charge in [-0.15, -0.1) is 0 Å². The minimum atomic E-state index is 0.0724. The molecular formula is C14H19N3S. The fraction of sp³-hybridized carbons (Fsp3) is 0.500. The second kappa shape index (κ2) is 5.24. The average Bonchev–Trinajstić information content (AvgIpc) is 3.12. The van der Waals surface area contributed by atoms with Crippen LogP contribution in [0.4, 0.5) is 0 Å². The van der Waals surface area contributed by atoms with Gasteiger partial charge in [0.25, 0.3) is 0 Å². The third kappa shape index (κ3) is 2.49. The zero-order valence-electron chi connectivity index (χ0n) is 10.5. The van der Waals surface area contributed by atoms with Crippen molar-refractivity contribution in [3.63, 3.8) is 0 Å². The van der Waals surface area contributed by atoms with Gasteiger partial charge in [-0.3, -0.25) is 4.68 Å². The first-order chi connectivity index (χ1) is 8.83. The van der Waals surface area contributed by atoms with Gasteiger partial charge in [-0.2, -0.15) is 16.4 Å². The Morgan fingerprint density at radius 3 is 2.94 bits per heavy atom. The van der Waals surface area contributed by atoms with Gasteiger partial charge in [-0.1, -0.05) is 12.8 Å². The third-order valence-electron chi connectivity index (χ3n) is 3.76. The van der Waals surface area contributed by atoms with Crippen molar-refractivity contribution in [1.82, 2.24) is 9.78 Å². The lowest BCUT2D eigenvalue weighted by molar-refractivity contribution is 0.461. The van der Waals surface area contributed by atoms with Crippen LogP contribution >= 0.6 is 11.3 Å². The Morgan fingerprint density at radius 2 is 2.22 bits per heavy atom. The number of hydrogen-bond acceptors (Lipinski definition) is 3. The molecule has 1 atom stereocenters. The molecule has 3 nitrogen and oxygen atoms in total. The molecule has 0 aromatic carbocycles. The van der Waals surface area contributed by atoms with Crippen molar-refractivity contribution in [3.05, 3.63) is 40.3 Å². The standard InChI is InChI=1S/C14H19N3S/c15-14(11-6-8-18-10-11)9-12-5-7-17(16-12)13-3-1-2-4-13/h5-8,10,13-14H,1-4,9,15H2. The van der Waals surface area contributed by atoms with E-state index in [1.165, 1.54) is 31.2 Å². The van der Waals surface area contributed by atoms with Crippen molar-refractivity contribution in [1.29, 1.82) is 0 Å². The highest BCUT2D eigenvalue weighted by Gasteiger charge is 2.18. The predicted molar refractivity (Wildman–Crippen MR) is 74.7 cm³/mol. The van der Waals surface area contributed by atoms with Crippen LogP contribution in [0.3, 0.4) is 0 Å². The van der Waals surface area contributed by atoms with Gasteiger partial charge in [0.15, 0.2) is 0 Å². The monoisotopic (exact) mass is 261 g/mol. The Hall–Kier alpha value is -1.13. The van der Waals surface area contributed by atoms with Crippen molar-refractivity contribution in [2.75, 3.05) is 0 Å². The lowest BCUT2D eigenvalue weighted by Gasteiger charge is -2.10. The van der Waals surface area contributed by atoms with E-state index in [9.17, 15) is 0 Å². The van der Waals surface area contributed by atoms with E-state index in [0.29, 0.717) is 6.04 Å². The maximum Gasteiger partial charge on any atom is 0.0643 e. The molecule has 0 spiro atoms. The molecule has 2 N–H and O–H groups in total. The largest absolute Gasteiger partial charge is 0.324 e. The summed E-state index contributed by atoms with van der Waals surface area (Å²) in [4.78, 5) is 0. The van der Waals surface area contributed by atoms with Crippen LogP contribution in [0.5, 0.6) is 0 Å². The van der Waals surface area contributed by atoms with E-state index in [0.717, 1.165) is 12.1 Å². The normalized spacial score (nSPS) is 18.3. The summed E-state index contributed by atoms with van der Waals surface area (Å²) in [6, 6.07) is 4.91. The SMILES string of the molecule is NC(Cc1ccn(C2CCCC2)n1)c1ccsc1. The summed E-state index contributed by atoms with van der Waals surface area (Å²) in [6.07, 6.45) is 8.18. The molecule has 1 saturated carbocycles. The first-order valence-corrected chi connectivity index (χ1v) is 7.59. The van der Waals surface area contributed by atoms with Crippen LogP contribution in [0.15, 0.2) is 29.1 Å². The Morgan fingerprint density at radius 1 is 1.39 bits per heavy atom. The van der Waals surface area contributed by atoms with Gasteiger partial charge in [0.05, 0.1) is 11.7 Å². The number of hydrogen-bond donors (Lipinski definition) is 1. The fourth-order valence-electron chi connectivity index (χ4n) is 2.69. The molecular weight excluding hydrogens is 242 g/mol. The molecule has 1 fully saturated rings. The maximum absolute atomic E-state index is 6.19. The number of aromatic nitrogens is 2. The first-order valence-electron chi connectivity index (χ1n) is 6.64. The minimum Gasteiger partial charge on any atom is -0.324 e. The number of thiophene rings is 1. The van der Waals surface area contributed by atoms with E-state index in [-0.39, 0.29) is 6.04 Å². The minimum absolute atomic E-state index is 0.0724. The maximum atomic E-state index is 6.19. The van der Waals surface area contributed by atoms with Gasteiger partial charge in [0.2, 0.25) is 0 Å². The van der Waals surface area contributed by atoms with Crippen molar-refractivity contribution >= 4 is 11.3 Å². The van der Waals surface area contributed by atoms with Crippen LogP contribution in [-0.2, 0) is 6.42 Å². The van der Waals surface area contributed by atoms with Gasteiger partial charge in [-0.05, 0) is 41.3 Å². The lowest BCUT2D eigenvalue weighted by Crippen LogP contribution is -2.13. The third-order valence-corrected chi connectivity index (χ3v) is 4.46. The molecule has 2 aromatic heterocycles. The topological polar surface area (TPSA) is 43.8 Å². The lowest BCUT2D eigenvalue weighted by atomic mass is 10.1. The molecule has 4 heteroatoms. The highest BCUT2D eigenvalue weighted by Crippen LogP contribution is 2.29.